The lowest BCUT2D eigenvalue weighted by Gasteiger charge is -2.26. The molecule has 0 aromatic heterocycles. The van der Waals surface area contributed by atoms with Crippen LogP contribution in [0.5, 0.6) is 0 Å². The summed E-state index contributed by atoms with van der Waals surface area (Å²) in [7, 11) is 0. The van der Waals surface area contributed by atoms with E-state index in [-0.39, 0.29) is 37.6 Å². The lowest BCUT2D eigenvalue weighted by molar-refractivity contribution is -0.148. The van der Waals surface area contributed by atoms with Gasteiger partial charge >= 0.3 is 23.9 Å². The number of aryl methyl sites for hydroxylation is 6. The Morgan fingerprint density at radius 3 is 0.897 bits per heavy atom. The minimum absolute atomic E-state index is 0.141. The van der Waals surface area contributed by atoms with E-state index >= 15 is 0 Å². The van der Waals surface area contributed by atoms with Gasteiger partial charge in [-0.3, -0.25) is 0 Å². The Balaban J connectivity index is 1.22. The van der Waals surface area contributed by atoms with Crippen LogP contribution < -0.4 is 9.80 Å². The van der Waals surface area contributed by atoms with Crippen molar-refractivity contribution in [3.05, 3.63) is 189 Å². The fraction of sp³-hybridized carbons (Fsp3) is 0.241. The Labute approximate surface area is 400 Å². The Hall–Kier alpha value is -7.72. The molecule has 0 bridgehead atoms. The predicted molar refractivity (Wildman–Crippen MR) is 271 cm³/mol. The minimum atomic E-state index is -0.722. The number of carbonyl (C=O) groups is 4. The highest BCUT2D eigenvalue weighted by Gasteiger charge is 2.23. The van der Waals surface area contributed by atoms with Crippen LogP contribution in [0.1, 0.15) is 72.2 Å². The first-order valence-electron chi connectivity index (χ1n) is 23.1. The number of anilines is 6. The van der Waals surface area contributed by atoms with E-state index in [9.17, 15) is 19.2 Å². The number of ether oxygens (including phenoxy) is 4. The smallest absolute Gasteiger partial charge is 0.345 e. The van der Waals surface area contributed by atoms with Crippen molar-refractivity contribution in [2.75, 3.05) is 36.2 Å². The van der Waals surface area contributed by atoms with Crippen LogP contribution in [-0.2, 0) is 51.0 Å². The fourth-order valence-electron chi connectivity index (χ4n) is 7.55. The van der Waals surface area contributed by atoms with Crippen molar-refractivity contribution in [3.8, 4) is 0 Å². The number of benzene rings is 6. The first-order chi connectivity index (χ1) is 32.8. The average Bonchev–Trinajstić information content (AvgIpc) is 3.33. The molecule has 6 aromatic carbocycles. The summed E-state index contributed by atoms with van der Waals surface area (Å²) in [6, 6.07) is 45.4. The topological polar surface area (TPSA) is 112 Å². The van der Waals surface area contributed by atoms with Gasteiger partial charge in [0, 0.05) is 34.1 Å². The molecule has 0 N–H and O–H groups in total. The molecule has 0 radical (unpaired) electrons. The van der Waals surface area contributed by atoms with Crippen LogP contribution in [0.3, 0.4) is 0 Å². The molecule has 10 nitrogen and oxygen atoms in total. The molecule has 68 heavy (non-hydrogen) atoms. The number of hydrogen-bond acceptors (Lipinski definition) is 10. The molecular formula is C58H60N2O8. The molecule has 350 valence electrons. The average molecular weight is 913 g/mol. The molecule has 0 aliphatic carbocycles. The zero-order chi connectivity index (χ0) is 48.7. The summed E-state index contributed by atoms with van der Waals surface area (Å²) in [4.78, 5) is 54.9. The van der Waals surface area contributed by atoms with E-state index in [1.165, 1.54) is 45.5 Å². The van der Waals surface area contributed by atoms with Crippen LogP contribution in [0.4, 0.5) is 34.1 Å². The second kappa shape index (κ2) is 23.6. The first-order valence-corrected chi connectivity index (χ1v) is 23.1. The van der Waals surface area contributed by atoms with Crippen LogP contribution in [0.2, 0.25) is 0 Å². The van der Waals surface area contributed by atoms with Crippen molar-refractivity contribution in [1.82, 2.24) is 0 Å². The number of rotatable bonds is 19. The van der Waals surface area contributed by atoms with Gasteiger partial charge in [-0.05, 0) is 198 Å². The molecule has 0 aliphatic heterocycles. The van der Waals surface area contributed by atoms with Gasteiger partial charge in [-0.2, -0.15) is 0 Å². The van der Waals surface area contributed by atoms with Crippen molar-refractivity contribution in [1.29, 1.82) is 0 Å². The van der Waals surface area contributed by atoms with Crippen LogP contribution >= 0.6 is 0 Å². The second-order valence-corrected chi connectivity index (χ2v) is 16.2. The van der Waals surface area contributed by atoms with Crippen LogP contribution in [0, 0.1) is 27.7 Å². The van der Waals surface area contributed by atoms with E-state index in [4.69, 9.17) is 18.9 Å². The SMILES string of the molecule is CCOC(=O)C(=Cc1ccc(N(c2ccc(CCc3ccc(N(c4ccc(C=C(C(=O)OCC)C(=O)OCC)cc4)c4ccc(C)c(C)c4)cc3)cc2)c2ccc(C)c(C)c2)cc1)C(=O)OCC. The third-order valence-corrected chi connectivity index (χ3v) is 11.5. The number of carbonyl (C=O) groups excluding carboxylic acids is 4. The molecule has 0 saturated carbocycles. The fourth-order valence-corrected chi connectivity index (χ4v) is 7.55. The van der Waals surface area contributed by atoms with E-state index < -0.39 is 23.9 Å². The molecule has 6 aromatic rings. The third kappa shape index (κ3) is 12.6. The van der Waals surface area contributed by atoms with Crippen molar-refractivity contribution in [3.63, 3.8) is 0 Å². The lowest BCUT2D eigenvalue weighted by atomic mass is 10.0. The minimum Gasteiger partial charge on any atom is -0.462 e. The Kier molecular flexibility index (Phi) is 17.3. The van der Waals surface area contributed by atoms with Crippen LogP contribution in [0.15, 0.2) is 145 Å². The quantitative estimate of drug-likeness (QED) is 0.0256. The zero-order valence-corrected chi connectivity index (χ0v) is 40.3. The van der Waals surface area contributed by atoms with Crippen molar-refractivity contribution < 1.29 is 38.1 Å². The summed E-state index contributed by atoms with van der Waals surface area (Å²) >= 11 is 0. The molecule has 0 amide bonds. The Morgan fingerprint density at radius 1 is 0.368 bits per heavy atom. The van der Waals surface area contributed by atoms with Crippen molar-refractivity contribution in [2.24, 2.45) is 0 Å². The monoisotopic (exact) mass is 912 g/mol. The largest absolute Gasteiger partial charge is 0.462 e. The molecule has 0 unspecified atom stereocenters. The highest BCUT2D eigenvalue weighted by atomic mass is 16.6. The van der Waals surface area contributed by atoms with Gasteiger partial charge in [0.2, 0.25) is 0 Å². The maximum Gasteiger partial charge on any atom is 0.345 e. The summed E-state index contributed by atoms with van der Waals surface area (Å²) in [5.41, 5.74) is 13.9. The number of nitrogens with zero attached hydrogens (tertiary/aromatic N) is 2. The molecule has 6 rings (SSSR count). The summed E-state index contributed by atoms with van der Waals surface area (Å²) in [6.45, 7) is 15.7. The maximum absolute atomic E-state index is 12.6. The van der Waals surface area contributed by atoms with Gasteiger partial charge in [0.1, 0.15) is 11.1 Å². The van der Waals surface area contributed by atoms with E-state index in [0.29, 0.717) is 11.1 Å². The van der Waals surface area contributed by atoms with Crippen molar-refractivity contribution >= 4 is 70.2 Å². The highest BCUT2D eigenvalue weighted by Crippen LogP contribution is 2.38. The van der Waals surface area contributed by atoms with E-state index in [1.807, 2.05) is 48.5 Å². The number of esters is 4. The molecule has 0 fully saturated rings. The lowest BCUT2D eigenvalue weighted by Crippen LogP contribution is -2.18. The van der Waals surface area contributed by atoms with Crippen LogP contribution in [0.25, 0.3) is 12.2 Å². The van der Waals surface area contributed by atoms with E-state index in [1.54, 1.807) is 27.7 Å². The van der Waals surface area contributed by atoms with Gasteiger partial charge in [0.25, 0.3) is 0 Å². The van der Waals surface area contributed by atoms with Gasteiger partial charge in [-0.25, -0.2) is 19.2 Å². The van der Waals surface area contributed by atoms with Crippen LogP contribution in [-0.4, -0.2) is 50.3 Å². The van der Waals surface area contributed by atoms with E-state index in [0.717, 1.165) is 47.0 Å². The molecule has 0 atom stereocenters. The molecule has 0 aliphatic rings. The van der Waals surface area contributed by atoms with Gasteiger partial charge in [0.05, 0.1) is 26.4 Å². The number of hydrogen-bond donors (Lipinski definition) is 0. The summed E-state index contributed by atoms with van der Waals surface area (Å²) in [6.07, 6.45) is 4.68. The van der Waals surface area contributed by atoms with Gasteiger partial charge in [-0.1, -0.05) is 60.7 Å². The zero-order valence-electron chi connectivity index (χ0n) is 40.3. The predicted octanol–water partition coefficient (Wildman–Crippen LogP) is 12.7. The Bertz CT molecular complexity index is 2540. The van der Waals surface area contributed by atoms with Gasteiger partial charge in [-0.15, -0.1) is 0 Å². The highest BCUT2D eigenvalue weighted by molar-refractivity contribution is 6.18. The van der Waals surface area contributed by atoms with Gasteiger partial charge < -0.3 is 28.7 Å². The maximum atomic E-state index is 12.6. The molecule has 10 heteroatoms. The third-order valence-electron chi connectivity index (χ3n) is 11.5. The molecule has 0 spiro atoms. The normalized spacial score (nSPS) is 10.6. The van der Waals surface area contributed by atoms with E-state index in [2.05, 4.69) is 122 Å². The summed E-state index contributed by atoms with van der Waals surface area (Å²) in [5.74, 6) is -2.89. The molecule has 0 saturated heterocycles. The molecule has 0 heterocycles. The van der Waals surface area contributed by atoms with Crippen molar-refractivity contribution in [2.45, 2.75) is 68.2 Å². The summed E-state index contributed by atoms with van der Waals surface area (Å²) < 4.78 is 20.5. The first kappa shape index (κ1) is 49.7. The Morgan fingerprint density at radius 2 is 0.632 bits per heavy atom. The standard InChI is InChI=1S/C58H60N2O8/c1-9-65-55(61)53(56(62)66-10-2)37-45-21-31-49(32-22-45)59(51-25-13-39(5)41(7)35-51)47-27-17-43(18-28-47)15-16-44-19-29-48(30-20-44)60(52-26-14-40(6)42(8)36-52)50-33-23-46(24-34-50)38-54(57(63)67-11-3)58(64)68-12-4/h13-14,17-38H,9-12,15-16H2,1-8H3. The second-order valence-electron chi connectivity index (χ2n) is 16.2. The van der Waals surface area contributed by atoms with Gasteiger partial charge in [0.15, 0.2) is 0 Å². The summed E-state index contributed by atoms with van der Waals surface area (Å²) in [5, 5.41) is 0. The molecular weight excluding hydrogens is 853 g/mol.